The number of nitrogens with zero attached hydrogens (tertiary/aromatic N) is 1. The zero-order valence-electron chi connectivity index (χ0n) is 35.4. The Kier molecular flexibility index (Phi) is 35.6. The van der Waals surface area contributed by atoms with Gasteiger partial charge >= 0.3 is 11.9 Å². The predicted octanol–water partition coefficient (Wildman–Crippen LogP) is 11.5. The molecule has 0 aromatic heterocycles. The van der Waals surface area contributed by atoms with Crippen molar-refractivity contribution >= 4 is 19.8 Å². The molecule has 0 N–H and O–H groups in total. The van der Waals surface area contributed by atoms with Gasteiger partial charge in [0.2, 0.25) is 0 Å². The van der Waals surface area contributed by atoms with Crippen molar-refractivity contribution in [3.63, 3.8) is 0 Å². The third kappa shape index (κ3) is 39.9. The molecule has 0 heterocycles. The number of unbranched alkanes of at least 4 members (excludes halogenated alkanes) is 19. The van der Waals surface area contributed by atoms with E-state index in [1.165, 1.54) is 89.9 Å². The van der Waals surface area contributed by atoms with Crippen molar-refractivity contribution < 1.29 is 42.1 Å². The van der Waals surface area contributed by atoms with Gasteiger partial charge in [0.25, 0.3) is 7.82 Å². The molecule has 1 unspecified atom stereocenters. The molecule has 0 saturated carbocycles. The number of likely N-dealkylation sites (N-methyl/N-ethyl adjacent to an activating group) is 1. The van der Waals surface area contributed by atoms with Gasteiger partial charge in [0.1, 0.15) is 19.8 Å². The molecule has 10 heteroatoms. The number of rotatable bonds is 39. The van der Waals surface area contributed by atoms with E-state index >= 15 is 0 Å². The van der Waals surface area contributed by atoms with Gasteiger partial charge in [0, 0.05) is 12.8 Å². The van der Waals surface area contributed by atoms with Crippen LogP contribution in [0.25, 0.3) is 0 Å². The summed E-state index contributed by atoms with van der Waals surface area (Å²) in [6, 6.07) is 0. The Morgan fingerprint density at radius 3 is 1.56 bits per heavy atom. The molecule has 0 aliphatic carbocycles. The van der Waals surface area contributed by atoms with Gasteiger partial charge in [-0.2, -0.15) is 0 Å². The van der Waals surface area contributed by atoms with Crippen LogP contribution in [0.15, 0.2) is 36.5 Å². The molecular weight excluding hydrogens is 701 g/mol. The first-order valence-electron chi connectivity index (χ1n) is 21.7. The molecule has 9 nitrogen and oxygen atoms in total. The first-order valence-corrected chi connectivity index (χ1v) is 23.2. The Morgan fingerprint density at radius 2 is 1.02 bits per heavy atom. The van der Waals surface area contributed by atoms with Crippen LogP contribution in [-0.2, 0) is 32.7 Å². The van der Waals surface area contributed by atoms with Gasteiger partial charge < -0.3 is 27.9 Å². The van der Waals surface area contributed by atoms with Crippen LogP contribution in [0.1, 0.15) is 181 Å². The van der Waals surface area contributed by atoms with Crippen molar-refractivity contribution in [3.05, 3.63) is 36.5 Å². The molecular formula is C44H82NO8P. The molecule has 316 valence electrons. The van der Waals surface area contributed by atoms with Gasteiger partial charge in [0.15, 0.2) is 6.10 Å². The quantitative estimate of drug-likeness (QED) is 0.0199. The molecule has 0 aliphatic rings. The highest BCUT2D eigenvalue weighted by atomic mass is 31.2. The topological polar surface area (TPSA) is 111 Å². The van der Waals surface area contributed by atoms with Crippen LogP contribution < -0.4 is 4.89 Å². The van der Waals surface area contributed by atoms with E-state index in [0.717, 1.165) is 51.4 Å². The fraction of sp³-hybridized carbons (Fsp3) is 0.818. The van der Waals surface area contributed by atoms with Crippen molar-refractivity contribution in [2.45, 2.75) is 187 Å². The third-order valence-electron chi connectivity index (χ3n) is 9.13. The standard InChI is InChI=1S/C44H82NO8P/c1-6-8-10-12-14-16-18-20-21-22-23-25-26-28-30-32-34-36-43(46)50-40-42(41-52-54(48,49)51-39-38-45(3,4)5)53-44(47)37-35-33-31-29-27-24-19-17-15-13-11-9-7-2/h17,19,23,25,28,30,42H,6-16,18,20-22,24,26-27,29,31-41H2,1-5H3/b19-17+,25-23+,30-28+/t42-/m1/s1. The summed E-state index contributed by atoms with van der Waals surface area (Å²) in [6.07, 6.45) is 40.4. The second-order valence-corrected chi connectivity index (χ2v) is 17.1. The Labute approximate surface area is 331 Å². The molecule has 0 aliphatic heterocycles. The fourth-order valence-corrected chi connectivity index (χ4v) is 6.42. The zero-order chi connectivity index (χ0) is 40.0. The van der Waals surface area contributed by atoms with E-state index in [1.54, 1.807) is 0 Å². The van der Waals surface area contributed by atoms with Crippen molar-refractivity contribution in [1.82, 2.24) is 0 Å². The number of esters is 2. The zero-order valence-corrected chi connectivity index (χ0v) is 36.3. The Bertz CT molecular complexity index is 1020. The number of allylic oxidation sites excluding steroid dienone is 6. The molecule has 0 amide bonds. The monoisotopic (exact) mass is 784 g/mol. The van der Waals surface area contributed by atoms with Crippen molar-refractivity contribution in [3.8, 4) is 0 Å². The summed E-state index contributed by atoms with van der Waals surface area (Å²) in [7, 11) is 1.14. The summed E-state index contributed by atoms with van der Waals surface area (Å²) in [6.45, 7) is 4.15. The molecule has 2 atom stereocenters. The summed E-state index contributed by atoms with van der Waals surface area (Å²) in [5.41, 5.74) is 0. The lowest BCUT2D eigenvalue weighted by Crippen LogP contribution is -2.37. The Morgan fingerprint density at radius 1 is 0.574 bits per heavy atom. The molecule has 0 bridgehead atoms. The second-order valence-electron chi connectivity index (χ2n) is 15.7. The van der Waals surface area contributed by atoms with Crippen LogP contribution in [0.4, 0.5) is 0 Å². The number of carbonyl (C=O) groups excluding carboxylic acids is 2. The highest BCUT2D eigenvalue weighted by molar-refractivity contribution is 7.45. The molecule has 0 rings (SSSR count). The number of ether oxygens (including phenoxy) is 2. The number of carbonyl (C=O) groups is 2. The van der Waals surface area contributed by atoms with Crippen molar-refractivity contribution in [1.29, 1.82) is 0 Å². The molecule has 0 spiro atoms. The van der Waals surface area contributed by atoms with E-state index < -0.39 is 32.5 Å². The summed E-state index contributed by atoms with van der Waals surface area (Å²) in [4.78, 5) is 37.4. The van der Waals surface area contributed by atoms with E-state index in [1.807, 2.05) is 21.1 Å². The summed E-state index contributed by atoms with van der Waals surface area (Å²) in [5, 5.41) is 0. The smallest absolute Gasteiger partial charge is 0.306 e. The number of quaternary nitrogens is 1. The summed E-state index contributed by atoms with van der Waals surface area (Å²) >= 11 is 0. The maximum Gasteiger partial charge on any atom is 0.306 e. The van der Waals surface area contributed by atoms with E-state index in [9.17, 15) is 19.0 Å². The van der Waals surface area contributed by atoms with Gasteiger partial charge in [-0.15, -0.1) is 0 Å². The maximum atomic E-state index is 12.6. The predicted molar refractivity (Wildman–Crippen MR) is 222 cm³/mol. The van der Waals surface area contributed by atoms with E-state index in [4.69, 9.17) is 18.5 Å². The van der Waals surface area contributed by atoms with Crippen LogP contribution in [0.5, 0.6) is 0 Å². The Balaban J connectivity index is 4.43. The van der Waals surface area contributed by atoms with Gasteiger partial charge in [-0.05, 0) is 64.2 Å². The number of phosphoric acid groups is 1. The number of phosphoric ester groups is 1. The van der Waals surface area contributed by atoms with Crippen LogP contribution in [0, 0.1) is 0 Å². The molecule has 0 aromatic carbocycles. The van der Waals surface area contributed by atoms with Crippen LogP contribution in [-0.4, -0.2) is 70.0 Å². The molecule has 0 fully saturated rings. The molecule has 0 radical (unpaired) electrons. The van der Waals surface area contributed by atoms with Crippen LogP contribution in [0.3, 0.4) is 0 Å². The lowest BCUT2D eigenvalue weighted by molar-refractivity contribution is -0.870. The van der Waals surface area contributed by atoms with E-state index in [2.05, 4.69) is 50.3 Å². The largest absolute Gasteiger partial charge is 0.756 e. The van der Waals surface area contributed by atoms with Crippen molar-refractivity contribution in [2.24, 2.45) is 0 Å². The van der Waals surface area contributed by atoms with Gasteiger partial charge in [-0.3, -0.25) is 14.2 Å². The lowest BCUT2D eigenvalue weighted by Gasteiger charge is -2.28. The third-order valence-corrected chi connectivity index (χ3v) is 10.1. The Hall–Kier alpha value is -1.77. The van der Waals surface area contributed by atoms with Crippen LogP contribution >= 0.6 is 7.82 Å². The average Bonchev–Trinajstić information content (AvgIpc) is 3.12. The van der Waals surface area contributed by atoms with E-state index in [0.29, 0.717) is 23.9 Å². The fourth-order valence-electron chi connectivity index (χ4n) is 5.69. The summed E-state index contributed by atoms with van der Waals surface area (Å²) in [5.74, 6) is -0.897. The minimum absolute atomic E-state index is 0.0385. The molecule has 0 aromatic rings. The average molecular weight is 784 g/mol. The van der Waals surface area contributed by atoms with Gasteiger partial charge in [0.05, 0.1) is 27.7 Å². The highest BCUT2D eigenvalue weighted by Crippen LogP contribution is 2.38. The van der Waals surface area contributed by atoms with Crippen molar-refractivity contribution in [2.75, 3.05) is 47.5 Å². The SMILES string of the molecule is CCCCCC/C=C/CCCCCCCC(=O)O[C@H](COC(=O)CCC/C=C/C/C=C/CCCCCCCCCCC)COP(=O)([O-])OCC[N+](C)(C)C. The lowest BCUT2D eigenvalue weighted by atomic mass is 10.1. The van der Waals surface area contributed by atoms with Gasteiger partial charge in [-0.1, -0.05) is 140 Å². The molecule has 0 saturated heterocycles. The van der Waals surface area contributed by atoms with Crippen LogP contribution in [0.2, 0.25) is 0 Å². The maximum absolute atomic E-state index is 12.6. The number of hydrogen-bond donors (Lipinski definition) is 0. The minimum atomic E-state index is -4.63. The number of hydrogen-bond acceptors (Lipinski definition) is 8. The van der Waals surface area contributed by atoms with E-state index in [-0.39, 0.29) is 26.1 Å². The second kappa shape index (κ2) is 36.8. The summed E-state index contributed by atoms with van der Waals surface area (Å²) < 4.78 is 33.8. The first kappa shape index (κ1) is 52.2. The minimum Gasteiger partial charge on any atom is -0.756 e. The van der Waals surface area contributed by atoms with Gasteiger partial charge in [-0.25, -0.2) is 0 Å². The molecule has 54 heavy (non-hydrogen) atoms. The normalized spacial score (nSPS) is 14.0. The highest BCUT2D eigenvalue weighted by Gasteiger charge is 2.21. The first-order chi connectivity index (χ1) is 26.0.